The Kier molecular flexibility index (Phi) is 13.3. The third-order valence-electron chi connectivity index (χ3n) is 4.64. The molecule has 0 unspecified atom stereocenters. The first-order valence-corrected chi connectivity index (χ1v) is 9.46. The summed E-state index contributed by atoms with van der Waals surface area (Å²) in [6, 6.07) is 8.32. The number of guanidine groups is 1. The van der Waals surface area contributed by atoms with E-state index < -0.39 is 12.1 Å². The van der Waals surface area contributed by atoms with Gasteiger partial charge in [-0.3, -0.25) is 20.3 Å². The van der Waals surface area contributed by atoms with E-state index in [0.717, 1.165) is 24.8 Å². The van der Waals surface area contributed by atoms with E-state index in [4.69, 9.17) is 16.9 Å². The van der Waals surface area contributed by atoms with Crippen LogP contribution in [0.3, 0.4) is 0 Å². The van der Waals surface area contributed by atoms with E-state index in [1.54, 1.807) is 4.90 Å². The number of nitrogens with two attached hydrogens (primary N) is 2. The topological polar surface area (TPSA) is 137 Å². The molecule has 0 aromatic heterocycles. The van der Waals surface area contributed by atoms with Gasteiger partial charge in [0.05, 0.1) is 6.04 Å². The van der Waals surface area contributed by atoms with Gasteiger partial charge in [0.25, 0.3) is 0 Å². The van der Waals surface area contributed by atoms with Crippen molar-refractivity contribution in [1.82, 2.24) is 15.5 Å². The lowest BCUT2D eigenvalue weighted by molar-refractivity contribution is -0.138. The van der Waals surface area contributed by atoms with Crippen molar-refractivity contribution >= 4 is 42.6 Å². The van der Waals surface area contributed by atoms with Crippen molar-refractivity contribution in [2.45, 2.75) is 44.2 Å². The summed E-state index contributed by atoms with van der Waals surface area (Å²) in [7, 11) is 0. The highest BCUT2D eigenvalue weighted by atomic mass is 35.5. The van der Waals surface area contributed by atoms with Crippen molar-refractivity contribution < 1.29 is 9.59 Å². The number of likely N-dealkylation sites (tertiary alicyclic amines) is 1. The Bertz CT molecular complexity index is 647. The molecule has 10 heteroatoms. The molecule has 1 aromatic rings. The van der Waals surface area contributed by atoms with Gasteiger partial charge in [0.2, 0.25) is 11.8 Å². The van der Waals surface area contributed by atoms with Crippen LogP contribution in [0.1, 0.15) is 31.2 Å². The van der Waals surface area contributed by atoms with Gasteiger partial charge in [-0.2, -0.15) is 0 Å². The first-order chi connectivity index (χ1) is 13.0. The fourth-order valence-electron chi connectivity index (χ4n) is 3.20. The average molecular weight is 447 g/mol. The zero-order valence-electron chi connectivity index (χ0n) is 16.4. The van der Waals surface area contributed by atoms with Crippen LogP contribution in [-0.2, 0) is 16.0 Å². The van der Waals surface area contributed by atoms with Gasteiger partial charge in [0, 0.05) is 13.1 Å². The van der Waals surface area contributed by atoms with E-state index >= 15 is 0 Å². The predicted molar refractivity (Wildman–Crippen MR) is 120 cm³/mol. The maximum absolute atomic E-state index is 12.7. The van der Waals surface area contributed by atoms with Crippen molar-refractivity contribution in [3.8, 4) is 0 Å². The van der Waals surface area contributed by atoms with E-state index in [1.165, 1.54) is 0 Å². The van der Waals surface area contributed by atoms with Gasteiger partial charge in [0.15, 0.2) is 5.96 Å². The molecular formula is C19H32Cl2N6O2. The summed E-state index contributed by atoms with van der Waals surface area (Å²) < 4.78 is 0. The lowest BCUT2D eigenvalue weighted by Crippen LogP contribution is -2.54. The number of carbonyl (C=O) groups excluding carboxylic acids is 2. The quantitative estimate of drug-likeness (QED) is 0.228. The summed E-state index contributed by atoms with van der Waals surface area (Å²) in [6.45, 7) is 1.69. The minimum absolute atomic E-state index is 0. The lowest BCUT2D eigenvalue weighted by Gasteiger charge is -2.27. The second-order valence-electron chi connectivity index (χ2n) is 6.77. The Labute approximate surface area is 184 Å². The minimum atomic E-state index is -0.686. The summed E-state index contributed by atoms with van der Waals surface area (Å²) in [5.41, 5.74) is 12.5. The third-order valence-corrected chi connectivity index (χ3v) is 4.64. The Morgan fingerprint density at radius 3 is 2.55 bits per heavy atom. The molecule has 1 aliphatic rings. The largest absolute Gasteiger partial charge is 0.356 e. The van der Waals surface area contributed by atoms with Gasteiger partial charge in [-0.25, -0.2) is 0 Å². The molecule has 0 radical (unpaired) electrons. The molecule has 0 bridgehead atoms. The molecule has 8 nitrogen and oxygen atoms in total. The molecule has 1 saturated heterocycles. The number of hydrogen-bond donors (Lipinski definition) is 5. The first kappa shape index (κ1) is 27.1. The highest BCUT2D eigenvalue weighted by Crippen LogP contribution is 2.19. The van der Waals surface area contributed by atoms with Crippen molar-refractivity contribution in [1.29, 1.82) is 5.41 Å². The highest BCUT2D eigenvalue weighted by Gasteiger charge is 2.36. The number of carbonyl (C=O) groups is 2. The number of nitrogens with zero attached hydrogens (tertiary/aromatic N) is 1. The van der Waals surface area contributed by atoms with Crippen molar-refractivity contribution in [3.63, 3.8) is 0 Å². The molecule has 2 atom stereocenters. The molecule has 0 saturated carbocycles. The SMILES string of the molecule is Cl.Cl.N=C(NCCCCN)NC(=O)[C@@H]1CCCN1C(=O)[C@H](N)Cc1ccccc1. The average Bonchev–Trinajstić information content (AvgIpc) is 3.15. The van der Waals surface area contributed by atoms with Crippen LogP contribution in [0, 0.1) is 5.41 Å². The van der Waals surface area contributed by atoms with Crippen LogP contribution in [0.5, 0.6) is 0 Å². The van der Waals surface area contributed by atoms with Gasteiger partial charge >= 0.3 is 0 Å². The van der Waals surface area contributed by atoms with E-state index in [1.807, 2.05) is 30.3 Å². The summed E-state index contributed by atoms with van der Waals surface area (Å²) in [5, 5.41) is 13.2. The van der Waals surface area contributed by atoms with E-state index in [0.29, 0.717) is 32.5 Å². The number of amides is 2. The monoisotopic (exact) mass is 446 g/mol. The fraction of sp³-hybridized carbons (Fsp3) is 0.526. The summed E-state index contributed by atoms with van der Waals surface area (Å²) in [6.07, 6.45) is 3.45. The van der Waals surface area contributed by atoms with Crippen LogP contribution in [0.25, 0.3) is 0 Å². The highest BCUT2D eigenvalue weighted by molar-refractivity contribution is 6.00. The van der Waals surface area contributed by atoms with Crippen LogP contribution in [0.4, 0.5) is 0 Å². The summed E-state index contributed by atoms with van der Waals surface area (Å²) in [5.74, 6) is -0.618. The van der Waals surface area contributed by atoms with Crippen LogP contribution in [-0.4, -0.2) is 54.4 Å². The summed E-state index contributed by atoms with van der Waals surface area (Å²) in [4.78, 5) is 26.8. The van der Waals surface area contributed by atoms with Crippen LogP contribution >= 0.6 is 24.8 Å². The maximum Gasteiger partial charge on any atom is 0.249 e. The van der Waals surface area contributed by atoms with Crippen molar-refractivity contribution in [3.05, 3.63) is 35.9 Å². The van der Waals surface area contributed by atoms with Gasteiger partial charge in [0.1, 0.15) is 6.04 Å². The second kappa shape index (κ2) is 14.2. The standard InChI is InChI=1S/C19H30N6O2.2ClH/c20-10-4-5-11-23-19(22)24-17(26)16-9-6-12-25(16)18(27)15(21)13-14-7-2-1-3-8-14;;/h1-3,7-8,15-16H,4-6,9-13,20-21H2,(H3,22,23,24,26);2*1H/t15-,16+;;/m1../s1. The molecule has 29 heavy (non-hydrogen) atoms. The number of benzene rings is 1. The molecule has 1 fully saturated rings. The van der Waals surface area contributed by atoms with Crippen LogP contribution < -0.4 is 22.1 Å². The first-order valence-electron chi connectivity index (χ1n) is 9.46. The van der Waals surface area contributed by atoms with E-state index in [2.05, 4.69) is 10.6 Å². The Morgan fingerprint density at radius 2 is 1.90 bits per heavy atom. The maximum atomic E-state index is 12.7. The number of nitrogens with one attached hydrogen (secondary N) is 3. The Balaban J connectivity index is 0.00000392. The molecule has 1 aliphatic heterocycles. The molecule has 7 N–H and O–H groups in total. The number of hydrogen-bond acceptors (Lipinski definition) is 5. The normalized spacial score (nSPS) is 16.2. The molecule has 0 spiro atoms. The van der Waals surface area contributed by atoms with E-state index in [-0.39, 0.29) is 42.6 Å². The molecule has 2 rings (SSSR count). The number of unbranched alkanes of at least 4 members (excludes halogenated alkanes) is 1. The zero-order chi connectivity index (χ0) is 19.6. The predicted octanol–water partition coefficient (Wildman–Crippen LogP) is 0.770. The minimum Gasteiger partial charge on any atom is -0.356 e. The van der Waals surface area contributed by atoms with Crippen LogP contribution in [0.2, 0.25) is 0 Å². The molecule has 2 amide bonds. The third kappa shape index (κ3) is 8.57. The van der Waals surface area contributed by atoms with Gasteiger partial charge in [-0.15, -0.1) is 24.8 Å². The Morgan fingerprint density at radius 1 is 1.21 bits per heavy atom. The molecule has 0 aliphatic carbocycles. The van der Waals surface area contributed by atoms with Crippen molar-refractivity contribution in [2.75, 3.05) is 19.6 Å². The molecule has 1 aromatic carbocycles. The number of halogens is 2. The lowest BCUT2D eigenvalue weighted by atomic mass is 10.1. The van der Waals surface area contributed by atoms with Gasteiger partial charge in [-0.1, -0.05) is 30.3 Å². The van der Waals surface area contributed by atoms with Gasteiger partial charge < -0.3 is 21.7 Å². The van der Waals surface area contributed by atoms with Crippen molar-refractivity contribution in [2.24, 2.45) is 11.5 Å². The second-order valence-corrected chi connectivity index (χ2v) is 6.77. The van der Waals surface area contributed by atoms with Crippen LogP contribution in [0.15, 0.2) is 30.3 Å². The number of rotatable bonds is 8. The molecule has 164 valence electrons. The Hall–Kier alpha value is -1.87. The zero-order valence-corrected chi connectivity index (χ0v) is 18.1. The summed E-state index contributed by atoms with van der Waals surface area (Å²) >= 11 is 0. The van der Waals surface area contributed by atoms with Gasteiger partial charge in [-0.05, 0) is 44.2 Å². The van der Waals surface area contributed by atoms with E-state index in [9.17, 15) is 9.59 Å². The smallest absolute Gasteiger partial charge is 0.249 e. The molecule has 1 heterocycles. The fourth-order valence-corrected chi connectivity index (χ4v) is 3.20. The molecular weight excluding hydrogens is 415 g/mol.